The van der Waals surface area contributed by atoms with E-state index in [1.807, 2.05) is 35.6 Å². The minimum atomic E-state index is 0.865. The molecule has 0 fully saturated rings. The van der Waals surface area contributed by atoms with Gasteiger partial charge in [0.05, 0.1) is 0 Å². The lowest BCUT2D eigenvalue weighted by molar-refractivity contribution is 0.668. The molecule has 0 aliphatic carbocycles. The van der Waals surface area contributed by atoms with Gasteiger partial charge in [-0.1, -0.05) is 84.9 Å². The number of thiophene rings is 1. The molecule has 0 amide bonds. The molecule has 0 atom stereocenters. The first-order valence-electron chi connectivity index (χ1n) is 16.8. The average Bonchev–Trinajstić information content (AvgIpc) is 3.85. The molecule has 0 bridgehead atoms. The van der Waals surface area contributed by atoms with Crippen LogP contribution in [0, 0.1) is 0 Å². The van der Waals surface area contributed by atoms with Crippen LogP contribution in [0.15, 0.2) is 173 Å². The minimum Gasteiger partial charge on any atom is -0.456 e. The van der Waals surface area contributed by atoms with Crippen molar-refractivity contribution in [3.8, 4) is 11.1 Å². The summed E-state index contributed by atoms with van der Waals surface area (Å²) in [7, 11) is 0. The summed E-state index contributed by atoms with van der Waals surface area (Å²) in [4.78, 5) is 2.31. The predicted molar refractivity (Wildman–Crippen MR) is 212 cm³/mol. The highest BCUT2D eigenvalue weighted by atomic mass is 32.1. The van der Waals surface area contributed by atoms with Crippen molar-refractivity contribution in [2.75, 3.05) is 4.90 Å². The number of benzene rings is 8. The number of anilines is 3. The van der Waals surface area contributed by atoms with E-state index >= 15 is 0 Å². The van der Waals surface area contributed by atoms with E-state index in [0.29, 0.717) is 0 Å². The monoisotopic (exact) mass is 657 g/mol. The molecule has 0 spiro atoms. The molecular formula is C46H27NO2S. The molecule has 3 heterocycles. The Morgan fingerprint density at radius 2 is 1.00 bits per heavy atom. The van der Waals surface area contributed by atoms with Gasteiger partial charge in [0.25, 0.3) is 0 Å². The van der Waals surface area contributed by atoms with Gasteiger partial charge in [-0.05, 0) is 94.7 Å². The van der Waals surface area contributed by atoms with Crippen LogP contribution >= 0.6 is 11.3 Å². The molecule has 3 aromatic heterocycles. The first-order chi connectivity index (χ1) is 24.7. The van der Waals surface area contributed by atoms with E-state index in [1.165, 1.54) is 42.1 Å². The normalized spacial score (nSPS) is 12.0. The van der Waals surface area contributed by atoms with Crippen molar-refractivity contribution in [1.82, 2.24) is 0 Å². The van der Waals surface area contributed by atoms with Crippen molar-refractivity contribution >= 4 is 103 Å². The van der Waals surface area contributed by atoms with Crippen LogP contribution in [0.25, 0.3) is 85.9 Å². The van der Waals surface area contributed by atoms with Crippen molar-refractivity contribution in [3.05, 3.63) is 164 Å². The number of para-hydroxylation sites is 2. The summed E-state index contributed by atoms with van der Waals surface area (Å²) in [5.41, 5.74) is 9.09. The van der Waals surface area contributed by atoms with Crippen LogP contribution in [-0.4, -0.2) is 0 Å². The third-order valence-electron chi connectivity index (χ3n) is 10.0. The van der Waals surface area contributed by atoms with E-state index < -0.39 is 0 Å². The van der Waals surface area contributed by atoms with Gasteiger partial charge in [0, 0.05) is 64.8 Å². The lowest BCUT2D eigenvalue weighted by Gasteiger charge is -2.26. The van der Waals surface area contributed by atoms with Crippen molar-refractivity contribution in [2.24, 2.45) is 0 Å². The van der Waals surface area contributed by atoms with Gasteiger partial charge < -0.3 is 13.7 Å². The maximum Gasteiger partial charge on any atom is 0.137 e. The Morgan fingerprint density at radius 3 is 1.82 bits per heavy atom. The van der Waals surface area contributed by atoms with Gasteiger partial charge in [0.2, 0.25) is 0 Å². The Morgan fingerprint density at radius 1 is 0.380 bits per heavy atom. The summed E-state index contributed by atoms with van der Waals surface area (Å²) in [6, 6.07) is 58.4. The molecule has 0 N–H and O–H groups in total. The van der Waals surface area contributed by atoms with Crippen LogP contribution in [0.4, 0.5) is 17.1 Å². The standard InChI is InChI=1S/C46H27NO2S/c1-2-9-30-25-45-39(24-29(30)8-1)46-34(12-7-15-44(46)50-45)28-16-18-31(19-17-28)47(32-21-23-42-38(26-32)36-11-4-6-14-41(36)48-42)33-20-22-37-35-10-3-5-13-40(35)49-43(37)27-33/h1-27H. The SMILES string of the molecule is c1ccc2cc3c(cc2c1)sc1cccc(-c2ccc(N(c4ccc5c(c4)oc4ccccc45)c4ccc5oc6ccccc6c5c4)cc2)c13. The van der Waals surface area contributed by atoms with Crippen molar-refractivity contribution in [2.45, 2.75) is 0 Å². The molecule has 0 saturated carbocycles. The molecule has 11 aromatic rings. The smallest absolute Gasteiger partial charge is 0.137 e. The largest absolute Gasteiger partial charge is 0.456 e. The molecule has 8 aromatic carbocycles. The summed E-state index contributed by atoms with van der Waals surface area (Å²) < 4.78 is 15.2. The predicted octanol–water partition coefficient (Wildman–Crippen LogP) is 14.1. The summed E-state index contributed by atoms with van der Waals surface area (Å²) in [6.07, 6.45) is 0. The quantitative estimate of drug-likeness (QED) is 0.189. The van der Waals surface area contributed by atoms with Gasteiger partial charge in [-0.25, -0.2) is 0 Å². The summed E-state index contributed by atoms with van der Waals surface area (Å²) in [5, 5.41) is 9.60. The second-order valence-corrected chi connectivity index (χ2v) is 14.0. The minimum absolute atomic E-state index is 0.865. The first kappa shape index (κ1) is 27.6. The zero-order valence-electron chi connectivity index (χ0n) is 26.8. The molecule has 234 valence electrons. The van der Waals surface area contributed by atoms with Crippen molar-refractivity contribution < 1.29 is 8.83 Å². The molecule has 50 heavy (non-hydrogen) atoms. The number of hydrogen-bond acceptors (Lipinski definition) is 4. The average molecular weight is 658 g/mol. The summed E-state index contributed by atoms with van der Waals surface area (Å²) in [5.74, 6) is 0. The second kappa shape index (κ2) is 10.6. The van der Waals surface area contributed by atoms with Crippen LogP contribution in [0.3, 0.4) is 0 Å². The van der Waals surface area contributed by atoms with Crippen LogP contribution in [0.2, 0.25) is 0 Å². The van der Waals surface area contributed by atoms with Gasteiger partial charge in [0.1, 0.15) is 22.3 Å². The molecule has 0 aliphatic rings. The van der Waals surface area contributed by atoms with Gasteiger partial charge in [-0.2, -0.15) is 0 Å². The van der Waals surface area contributed by atoms with Gasteiger partial charge in [0.15, 0.2) is 0 Å². The van der Waals surface area contributed by atoms with Gasteiger partial charge in [-0.15, -0.1) is 11.3 Å². The summed E-state index contributed by atoms with van der Waals surface area (Å²) >= 11 is 1.87. The van der Waals surface area contributed by atoms with Crippen molar-refractivity contribution in [3.63, 3.8) is 0 Å². The molecule has 4 heteroatoms. The van der Waals surface area contributed by atoms with E-state index in [-0.39, 0.29) is 0 Å². The van der Waals surface area contributed by atoms with Crippen LogP contribution in [0.1, 0.15) is 0 Å². The number of nitrogens with zero attached hydrogens (tertiary/aromatic N) is 1. The lowest BCUT2D eigenvalue weighted by Crippen LogP contribution is -2.09. The van der Waals surface area contributed by atoms with Crippen LogP contribution < -0.4 is 4.90 Å². The fraction of sp³-hybridized carbons (Fsp3) is 0. The molecular weight excluding hydrogens is 631 g/mol. The molecule has 0 radical (unpaired) electrons. The highest BCUT2D eigenvalue weighted by molar-refractivity contribution is 7.26. The number of fused-ring (bicyclic) bond motifs is 10. The van der Waals surface area contributed by atoms with Gasteiger partial charge >= 0.3 is 0 Å². The Hall–Kier alpha value is -6.36. The van der Waals surface area contributed by atoms with Crippen LogP contribution in [0.5, 0.6) is 0 Å². The molecule has 0 saturated heterocycles. The zero-order valence-corrected chi connectivity index (χ0v) is 27.6. The third kappa shape index (κ3) is 4.16. The molecule has 3 nitrogen and oxygen atoms in total. The Bertz CT molecular complexity index is 3110. The molecule has 11 rings (SSSR count). The number of rotatable bonds is 4. The maximum atomic E-state index is 6.36. The maximum absolute atomic E-state index is 6.36. The fourth-order valence-electron chi connectivity index (χ4n) is 7.70. The van der Waals surface area contributed by atoms with Crippen molar-refractivity contribution in [1.29, 1.82) is 0 Å². The number of hydrogen-bond donors (Lipinski definition) is 0. The molecule has 0 unspecified atom stereocenters. The lowest BCUT2D eigenvalue weighted by atomic mass is 9.98. The number of furan rings is 2. The Labute approximate surface area is 290 Å². The van der Waals surface area contributed by atoms with E-state index in [2.05, 4.69) is 144 Å². The van der Waals surface area contributed by atoms with E-state index in [1.54, 1.807) is 0 Å². The highest BCUT2D eigenvalue weighted by Gasteiger charge is 2.19. The molecule has 0 aliphatic heterocycles. The second-order valence-electron chi connectivity index (χ2n) is 12.9. The first-order valence-corrected chi connectivity index (χ1v) is 17.6. The van der Waals surface area contributed by atoms with E-state index in [4.69, 9.17) is 8.83 Å². The fourth-order valence-corrected chi connectivity index (χ4v) is 8.86. The van der Waals surface area contributed by atoms with Gasteiger partial charge in [-0.3, -0.25) is 0 Å². The Kier molecular flexibility index (Phi) is 5.83. The Balaban J connectivity index is 1.08. The van der Waals surface area contributed by atoms with E-state index in [9.17, 15) is 0 Å². The topological polar surface area (TPSA) is 29.5 Å². The zero-order chi connectivity index (χ0) is 32.8. The van der Waals surface area contributed by atoms with Crippen LogP contribution in [-0.2, 0) is 0 Å². The van der Waals surface area contributed by atoms with E-state index in [0.717, 1.165) is 60.9 Å². The third-order valence-corrected chi connectivity index (χ3v) is 11.2. The highest BCUT2D eigenvalue weighted by Crippen LogP contribution is 2.44. The summed E-state index contributed by atoms with van der Waals surface area (Å²) in [6.45, 7) is 0.